The third-order valence-corrected chi connectivity index (χ3v) is 2.50. The molecule has 2 aromatic rings. The predicted octanol–water partition coefficient (Wildman–Crippen LogP) is 2.23. The Bertz CT molecular complexity index is 611. The van der Waals surface area contributed by atoms with Crippen LogP contribution in [0.1, 0.15) is 26.3 Å². The normalized spacial score (nSPS) is 9.89. The van der Waals surface area contributed by atoms with Gasteiger partial charge in [-0.2, -0.15) is 0 Å². The quantitative estimate of drug-likeness (QED) is 0.865. The zero-order valence-corrected chi connectivity index (χ0v) is 11.8. The first-order chi connectivity index (χ1) is 9.11. The number of carbonyl (C=O) groups excluding carboxylic acids is 1. The molecule has 0 unspecified atom stereocenters. The summed E-state index contributed by atoms with van der Waals surface area (Å²) in [5.41, 5.74) is 1.54. The van der Waals surface area contributed by atoms with E-state index in [9.17, 15) is 9.59 Å². The summed E-state index contributed by atoms with van der Waals surface area (Å²) >= 11 is 0. The number of carbonyl (C=O) groups is 1. The van der Waals surface area contributed by atoms with E-state index in [1.54, 1.807) is 13.0 Å². The third-order valence-electron chi connectivity index (χ3n) is 2.50. The molecule has 2 rings (SSSR count). The molecule has 0 saturated carbocycles. The summed E-state index contributed by atoms with van der Waals surface area (Å²) in [5, 5.41) is 3.48. The predicted molar refractivity (Wildman–Crippen MR) is 75.3 cm³/mol. The van der Waals surface area contributed by atoms with E-state index in [0.29, 0.717) is 12.0 Å². The number of fused-ring (bicyclic) bond motifs is 1. The molecule has 0 saturated heterocycles. The lowest BCUT2D eigenvalue weighted by molar-refractivity contribution is -0.144. The molecule has 1 aromatic carbocycles. The number of esters is 1. The molecule has 0 amide bonds. The van der Waals surface area contributed by atoms with Crippen molar-refractivity contribution >= 4 is 16.9 Å². The summed E-state index contributed by atoms with van der Waals surface area (Å²) in [7, 11) is 0. The van der Waals surface area contributed by atoms with Crippen LogP contribution in [0.3, 0.4) is 0 Å². The fraction of sp³-hybridized carbons (Fsp3) is 0.429. The fourth-order valence-electron chi connectivity index (χ4n) is 1.72. The Hall–Kier alpha value is -2.04. The van der Waals surface area contributed by atoms with Gasteiger partial charge in [0, 0.05) is 0 Å². The van der Waals surface area contributed by atoms with E-state index in [1.807, 2.05) is 32.9 Å². The first kappa shape index (κ1) is 15.0. The zero-order valence-electron chi connectivity index (χ0n) is 11.8. The van der Waals surface area contributed by atoms with Gasteiger partial charge in [0.1, 0.15) is 6.54 Å². The SMILES string of the molecule is CC.CCOC(=O)Cn1[nH]c2ccc(C)cc2c1=O. The number of nitrogens with one attached hydrogen (secondary N) is 1. The van der Waals surface area contributed by atoms with Gasteiger partial charge in [-0.05, 0) is 26.0 Å². The molecular weight excluding hydrogens is 244 g/mol. The minimum absolute atomic E-state index is 0.0829. The first-order valence-electron chi connectivity index (χ1n) is 6.46. The molecule has 19 heavy (non-hydrogen) atoms. The summed E-state index contributed by atoms with van der Waals surface area (Å²) in [5.74, 6) is -0.419. The standard InChI is InChI=1S/C12H14N2O3.C2H6/c1-3-17-11(15)7-14-12(16)9-6-8(2)4-5-10(9)13-14;1-2/h4-6,13H,3,7H2,1-2H3;1-2H3. The van der Waals surface area contributed by atoms with Gasteiger partial charge in [-0.15, -0.1) is 0 Å². The summed E-state index contributed by atoms with van der Waals surface area (Å²) in [6, 6.07) is 5.54. The fourth-order valence-corrected chi connectivity index (χ4v) is 1.72. The maximum Gasteiger partial charge on any atom is 0.327 e. The van der Waals surface area contributed by atoms with Gasteiger partial charge in [-0.25, -0.2) is 4.68 Å². The number of aryl methyl sites for hydroxylation is 1. The van der Waals surface area contributed by atoms with Gasteiger partial charge in [-0.1, -0.05) is 25.5 Å². The Balaban J connectivity index is 0.000000861. The van der Waals surface area contributed by atoms with E-state index in [-0.39, 0.29) is 12.1 Å². The van der Waals surface area contributed by atoms with E-state index < -0.39 is 5.97 Å². The van der Waals surface area contributed by atoms with Crippen molar-refractivity contribution in [3.63, 3.8) is 0 Å². The Morgan fingerprint density at radius 1 is 1.37 bits per heavy atom. The van der Waals surface area contributed by atoms with Crippen LogP contribution in [0.5, 0.6) is 0 Å². The van der Waals surface area contributed by atoms with Crippen molar-refractivity contribution in [1.82, 2.24) is 9.78 Å². The number of ether oxygens (including phenoxy) is 1. The molecule has 1 N–H and O–H groups in total. The lowest BCUT2D eigenvalue weighted by Crippen LogP contribution is -2.23. The number of hydrogen-bond acceptors (Lipinski definition) is 3. The molecule has 1 heterocycles. The van der Waals surface area contributed by atoms with Crippen LogP contribution < -0.4 is 5.56 Å². The summed E-state index contributed by atoms with van der Waals surface area (Å²) in [4.78, 5) is 23.3. The van der Waals surface area contributed by atoms with E-state index in [0.717, 1.165) is 11.1 Å². The van der Waals surface area contributed by atoms with E-state index >= 15 is 0 Å². The summed E-state index contributed by atoms with van der Waals surface area (Å²) in [6.45, 7) is 7.88. The maximum atomic E-state index is 11.9. The molecule has 0 aliphatic carbocycles. The number of rotatable bonds is 3. The van der Waals surface area contributed by atoms with Gasteiger partial charge in [0.25, 0.3) is 5.56 Å². The molecule has 0 aliphatic rings. The van der Waals surface area contributed by atoms with Crippen LogP contribution in [0, 0.1) is 6.92 Å². The zero-order chi connectivity index (χ0) is 14.4. The molecule has 0 atom stereocenters. The number of hydrogen-bond donors (Lipinski definition) is 1. The van der Waals surface area contributed by atoms with Crippen molar-refractivity contribution < 1.29 is 9.53 Å². The topological polar surface area (TPSA) is 64.1 Å². The monoisotopic (exact) mass is 264 g/mol. The van der Waals surface area contributed by atoms with Gasteiger partial charge in [0.15, 0.2) is 0 Å². The van der Waals surface area contributed by atoms with Crippen LogP contribution in [0.2, 0.25) is 0 Å². The molecular formula is C14H20N2O3. The van der Waals surface area contributed by atoms with Crippen LogP contribution in [0.25, 0.3) is 10.9 Å². The molecule has 1 aromatic heterocycles. The Morgan fingerprint density at radius 2 is 2.05 bits per heavy atom. The average Bonchev–Trinajstić information content (AvgIpc) is 2.69. The molecule has 0 aliphatic heterocycles. The minimum atomic E-state index is -0.419. The number of aromatic amines is 1. The Kier molecular flexibility index (Phi) is 5.36. The highest BCUT2D eigenvalue weighted by Gasteiger charge is 2.10. The van der Waals surface area contributed by atoms with E-state index in [1.165, 1.54) is 4.68 Å². The molecule has 0 radical (unpaired) electrons. The highest BCUT2D eigenvalue weighted by Crippen LogP contribution is 2.09. The second kappa shape index (κ2) is 6.78. The van der Waals surface area contributed by atoms with Crippen LogP contribution >= 0.6 is 0 Å². The van der Waals surface area contributed by atoms with E-state index in [2.05, 4.69) is 5.10 Å². The molecule has 0 fully saturated rings. The summed E-state index contributed by atoms with van der Waals surface area (Å²) < 4.78 is 6.07. The molecule has 0 spiro atoms. The second-order valence-corrected chi connectivity index (χ2v) is 3.86. The van der Waals surface area contributed by atoms with Crippen LogP contribution in [-0.4, -0.2) is 22.4 Å². The van der Waals surface area contributed by atoms with Crippen molar-refractivity contribution in [2.45, 2.75) is 34.2 Å². The largest absolute Gasteiger partial charge is 0.465 e. The van der Waals surface area contributed by atoms with E-state index in [4.69, 9.17) is 4.74 Å². The van der Waals surface area contributed by atoms with Gasteiger partial charge in [0.2, 0.25) is 0 Å². The number of H-pyrrole nitrogens is 1. The highest BCUT2D eigenvalue weighted by atomic mass is 16.5. The lowest BCUT2D eigenvalue weighted by atomic mass is 10.2. The van der Waals surface area contributed by atoms with Crippen LogP contribution in [-0.2, 0) is 16.1 Å². The van der Waals surface area contributed by atoms with Crippen molar-refractivity contribution in [2.24, 2.45) is 0 Å². The minimum Gasteiger partial charge on any atom is -0.465 e. The highest BCUT2D eigenvalue weighted by molar-refractivity contribution is 5.79. The van der Waals surface area contributed by atoms with Crippen molar-refractivity contribution in [2.75, 3.05) is 6.61 Å². The number of benzene rings is 1. The van der Waals surface area contributed by atoms with Gasteiger partial charge < -0.3 is 4.74 Å². The first-order valence-corrected chi connectivity index (χ1v) is 6.46. The smallest absolute Gasteiger partial charge is 0.327 e. The van der Waals surface area contributed by atoms with Gasteiger partial charge >= 0.3 is 5.97 Å². The van der Waals surface area contributed by atoms with Crippen molar-refractivity contribution in [1.29, 1.82) is 0 Å². The third kappa shape index (κ3) is 3.47. The number of nitrogens with zero attached hydrogens (tertiary/aromatic N) is 1. The lowest BCUT2D eigenvalue weighted by Gasteiger charge is -2.00. The van der Waals surface area contributed by atoms with Crippen LogP contribution in [0.4, 0.5) is 0 Å². The molecule has 0 bridgehead atoms. The summed E-state index contributed by atoms with van der Waals surface area (Å²) in [6.07, 6.45) is 0. The van der Waals surface area contributed by atoms with Crippen molar-refractivity contribution in [3.8, 4) is 0 Å². The van der Waals surface area contributed by atoms with Gasteiger partial charge in [-0.3, -0.25) is 14.7 Å². The maximum absolute atomic E-state index is 11.9. The van der Waals surface area contributed by atoms with Crippen molar-refractivity contribution in [3.05, 3.63) is 34.1 Å². The Morgan fingerprint density at radius 3 is 2.68 bits per heavy atom. The molecule has 5 heteroatoms. The number of aromatic nitrogens is 2. The average molecular weight is 264 g/mol. The Labute approximate surface area is 112 Å². The van der Waals surface area contributed by atoms with Gasteiger partial charge in [0.05, 0.1) is 17.5 Å². The van der Waals surface area contributed by atoms with Crippen LogP contribution in [0.15, 0.2) is 23.0 Å². The molecule has 5 nitrogen and oxygen atoms in total. The second-order valence-electron chi connectivity index (χ2n) is 3.86. The molecule has 104 valence electrons.